The number of pyridine rings is 1. The van der Waals surface area contributed by atoms with Gasteiger partial charge >= 0.3 is 0 Å². The monoisotopic (exact) mass is 791 g/mol. The number of fused-ring (bicyclic) bond motifs is 2. The van der Waals surface area contributed by atoms with Gasteiger partial charge < -0.3 is 26.0 Å². The van der Waals surface area contributed by atoms with Gasteiger partial charge in [-0.15, -0.1) is 0 Å². The Hall–Kier alpha value is -5.89. The number of allylic oxidation sites excluding steroid dienone is 2. The van der Waals surface area contributed by atoms with Crippen molar-refractivity contribution in [3.8, 4) is 0 Å². The number of amides is 6. The van der Waals surface area contributed by atoms with Gasteiger partial charge in [0.2, 0.25) is 23.6 Å². The molecular weight excluding hydrogens is 739 g/mol. The summed E-state index contributed by atoms with van der Waals surface area (Å²) in [5, 5.41) is 15.7. The van der Waals surface area contributed by atoms with Gasteiger partial charge in [0.05, 0.1) is 22.9 Å². The molecule has 3 heterocycles. The van der Waals surface area contributed by atoms with E-state index in [0.29, 0.717) is 18.7 Å². The highest BCUT2D eigenvalue weighted by Gasteiger charge is 2.60. The number of anilines is 2. The predicted octanol–water partition coefficient (Wildman–Crippen LogP) is 4.92. The second-order valence-electron chi connectivity index (χ2n) is 15.1. The first kappa shape index (κ1) is 41.7. The second kappa shape index (κ2) is 19.5. The molecule has 2 aliphatic heterocycles. The van der Waals surface area contributed by atoms with Crippen LogP contribution >= 0.6 is 0 Å². The lowest BCUT2D eigenvalue weighted by Crippen LogP contribution is -2.55. The lowest BCUT2D eigenvalue weighted by atomic mass is 9.75. The smallest absolute Gasteiger partial charge is 0.258 e. The van der Waals surface area contributed by atoms with E-state index >= 15 is 0 Å². The highest BCUT2D eigenvalue weighted by molar-refractivity contribution is 6.20. The summed E-state index contributed by atoms with van der Waals surface area (Å²) < 4.78 is 5.88. The van der Waals surface area contributed by atoms with Gasteiger partial charge in [-0.2, -0.15) is 0 Å². The lowest BCUT2D eigenvalue weighted by Gasteiger charge is -2.33. The first-order valence-electron chi connectivity index (χ1n) is 20.3. The Morgan fingerprint density at radius 1 is 0.931 bits per heavy atom. The Kier molecular flexibility index (Phi) is 14.0. The van der Waals surface area contributed by atoms with Crippen LogP contribution in [-0.2, 0) is 35.3 Å². The number of benzene rings is 2. The number of ether oxygens (including phenoxy) is 1. The molecule has 0 spiro atoms. The molecule has 0 radical (unpaired) electrons. The zero-order valence-corrected chi connectivity index (χ0v) is 33.2. The van der Waals surface area contributed by atoms with Crippen LogP contribution in [0.3, 0.4) is 0 Å². The van der Waals surface area contributed by atoms with E-state index in [1.165, 1.54) is 0 Å². The van der Waals surface area contributed by atoms with Crippen LogP contribution in [0.2, 0.25) is 0 Å². The SMILES string of the molecule is CNC(=O)c1cnc2ccc(NCCCCCCCCCCNC(=O)COC3C=CC=C4C(=O)N(C5CCC(=O)NC5=O)C(=O)C43C)cc2c1NCc1ccccc1. The maximum absolute atomic E-state index is 13.6. The van der Waals surface area contributed by atoms with Gasteiger partial charge in [0.15, 0.2) is 0 Å². The fourth-order valence-electron chi connectivity index (χ4n) is 7.78. The zero-order chi connectivity index (χ0) is 41.1. The van der Waals surface area contributed by atoms with Gasteiger partial charge in [0.1, 0.15) is 18.1 Å². The quantitative estimate of drug-likeness (QED) is 0.0777. The molecular formula is C44H53N7O7. The third kappa shape index (κ3) is 9.62. The summed E-state index contributed by atoms with van der Waals surface area (Å²) >= 11 is 0. The molecule has 2 fully saturated rings. The van der Waals surface area contributed by atoms with E-state index in [-0.39, 0.29) is 36.8 Å². The minimum atomic E-state index is -1.38. The molecule has 0 bridgehead atoms. The van der Waals surface area contributed by atoms with Gasteiger partial charge in [-0.25, -0.2) is 0 Å². The number of nitrogens with zero attached hydrogens (tertiary/aromatic N) is 2. The van der Waals surface area contributed by atoms with Crippen molar-refractivity contribution in [3.05, 3.63) is 89.7 Å². The van der Waals surface area contributed by atoms with E-state index in [0.717, 1.165) is 90.7 Å². The third-order valence-corrected chi connectivity index (χ3v) is 11.1. The van der Waals surface area contributed by atoms with E-state index in [1.54, 1.807) is 38.4 Å². The Morgan fingerprint density at radius 3 is 2.38 bits per heavy atom. The number of nitrogens with one attached hydrogen (secondary N) is 5. The van der Waals surface area contributed by atoms with E-state index in [4.69, 9.17) is 4.74 Å². The number of unbranched alkanes of at least 4 members (excludes halogenated alkanes) is 7. The normalized spacial score (nSPS) is 20.1. The van der Waals surface area contributed by atoms with Crippen molar-refractivity contribution in [2.24, 2.45) is 5.41 Å². The van der Waals surface area contributed by atoms with E-state index in [9.17, 15) is 28.8 Å². The Morgan fingerprint density at radius 2 is 1.66 bits per heavy atom. The van der Waals surface area contributed by atoms with Crippen molar-refractivity contribution in [2.75, 3.05) is 37.4 Å². The Balaban J connectivity index is 0.843. The zero-order valence-electron chi connectivity index (χ0n) is 33.2. The number of likely N-dealkylation sites (tertiary alicyclic amines) is 1. The van der Waals surface area contributed by atoms with Gasteiger partial charge in [-0.05, 0) is 49.9 Å². The van der Waals surface area contributed by atoms with Crippen molar-refractivity contribution in [1.29, 1.82) is 0 Å². The summed E-state index contributed by atoms with van der Waals surface area (Å²) in [7, 11) is 1.62. The van der Waals surface area contributed by atoms with Crippen molar-refractivity contribution in [2.45, 2.75) is 89.8 Å². The Bertz CT molecular complexity index is 2080. The third-order valence-electron chi connectivity index (χ3n) is 11.1. The van der Waals surface area contributed by atoms with Gasteiger partial charge in [0.25, 0.3) is 11.8 Å². The van der Waals surface area contributed by atoms with Crippen LogP contribution in [-0.4, -0.2) is 84.2 Å². The van der Waals surface area contributed by atoms with E-state index in [1.807, 2.05) is 42.5 Å². The molecule has 2 saturated heterocycles. The first-order chi connectivity index (χ1) is 28.1. The van der Waals surface area contributed by atoms with Gasteiger partial charge in [0, 0.05) is 55.9 Å². The van der Waals surface area contributed by atoms with E-state index < -0.39 is 41.2 Å². The van der Waals surface area contributed by atoms with E-state index in [2.05, 4.69) is 37.6 Å². The standard InChI is InChI=1S/C44H53N7O7/c1-44-33(42(56)51(43(44)57)35-21-22-37(52)50-41(35)55)17-14-18-36(44)58-28-38(53)47-24-13-8-6-4-3-5-7-12-23-46-30-19-20-34-31(25-30)39(32(27-48-34)40(54)45-2)49-26-29-15-10-9-11-16-29/h9-11,14-20,25,27,35-36,46H,3-8,12-13,21-24,26,28H2,1-2H3,(H,45,54)(H,47,53)(H,48,49)(H,50,52,55). The number of carbonyl (C=O) groups excluding carboxylic acids is 6. The molecule has 1 aliphatic carbocycles. The molecule has 3 aromatic rings. The molecule has 5 N–H and O–H groups in total. The molecule has 1 aromatic heterocycles. The van der Waals surface area contributed by atoms with Crippen molar-refractivity contribution in [3.63, 3.8) is 0 Å². The summed E-state index contributed by atoms with van der Waals surface area (Å²) in [5.41, 5.74) is 2.99. The fourth-order valence-corrected chi connectivity index (χ4v) is 7.78. The fraction of sp³-hybridized carbons (Fsp3) is 0.432. The molecule has 306 valence electrons. The molecule has 3 unspecified atom stereocenters. The molecule has 6 rings (SSSR count). The maximum Gasteiger partial charge on any atom is 0.258 e. The van der Waals surface area contributed by atoms with Crippen LogP contribution < -0.4 is 26.6 Å². The van der Waals surface area contributed by atoms with Crippen LogP contribution in [0.1, 0.15) is 87.1 Å². The van der Waals surface area contributed by atoms with Crippen LogP contribution in [0.25, 0.3) is 10.9 Å². The molecule has 58 heavy (non-hydrogen) atoms. The molecule has 3 atom stereocenters. The number of carbonyl (C=O) groups is 6. The van der Waals surface area contributed by atoms with Crippen LogP contribution in [0, 0.1) is 5.41 Å². The molecule has 14 heteroatoms. The average Bonchev–Trinajstić information content (AvgIpc) is 3.43. The summed E-state index contributed by atoms with van der Waals surface area (Å²) in [4.78, 5) is 81.7. The summed E-state index contributed by atoms with van der Waals surface area (Å²) in [6.07, 6.45) is 14.1. The van der Waals surface area contributed by atoms with Crippen molar-refractivity contribution >= 4 is 57.7 Å². The van der Waals surface area contributed by atoms with Crippen LogP contribution in [0.4, 0.5) is 11.4 Å². The maximum atomic E-state index is 13.6. The topological polar surface area (TPSA) is 188 Å². The van der Waals surface area contributed by atoms with Gasteiger partial charge in [-0.3, -0.25) is 44.0 Å². The first-order valence-corrected chi connectivity index (χ1v) is 20.3. The van der Waals surface area contributed by atoms with Crippen LogP contribution in [0.5, 0.6) is 0 Å². The number of hydrogen-bond acceptors (Lipinski definition) is 10. The average molecular weight is 792 g/mol. The number of aromatic nitrogens is 1. The minimum Gasteiger partial charge on any atom is -0.385 e. The second-order valence-corrected chi connectivity index (χ2v) is 15.1. The summed E-state index contributed by atoms with van der Waals surface area (Å²) in [5.74, 6) is -2.77. The van der Waals surface area contributed by atoms with Crippen molar-refractivity contribution < 1.29 is 33.5 Å². The summed E-state index contributed by atoms with van der Waals surface area (Å²) in [6.45, 7) is 3.25. The largest absolute Gasteiger partial charge is 0.385 e. The number of imide groups is 2. The lowest BCUT2D eigenvalue weighted by molar-refractivity contribution is -0.154. The number of piperidine rings is 1. The molecule has 0 saturated carbocycles. The Labute approximate surface area is 338 Å². The van der Waals surface area contributed by atoms with Crippen LogP contribution in [0.15, 0.2) is 78.5 Å². The number of hydrogen-bond donors (Lipinski definition) is 5. The highest BCUT2D eigenvalue weighted by Crippen LogP contribution is 2.45. The van der Waals surface area contributed by atoms with Crippen molar-refractivity contribution in [1.82, 2.24) is 25.8 Å². The minimum absolute atomic E-state index is 0.0358. The van der Waals surface area contributed by atoms with Gasteiger partial charge in [-0.1, -0.05) is 87.1 Å². The molecule has 2 aromatic carbocycles. The molecule has 14 nitrogen and oxygen atoms in total. The summed E-state index contributed by atoms with van der Waals surface area (Å²) in [6, 6.07) is 15.1. The molecule has 6 amide bonds. The number of rotatable bonds is 20. The molecule has 3 aliphatic rings. The highest BCUT2D eigenvalue weighted by atomic mass is 16.5. The predicted molar refractivity (Wildman–Crippen MR) is 220 cm³/mol.